The van der Waals surface area contributed by atoms with E-state index in [9.17, 15) is 13.2 Å². The highest BCUT2D eigenvalue weighted by Gasteiger charge is 2.23. The second-order valence-corrected chi connectivity index (χ2v) is 9.53. The van der Waals surface area contributed by atoms with E-state index in [1.807, 2.05) is 30.3 Å². The van der Waals surface area contributed by atoms with E-state index in [-0.39, 0.29) is 24.9 Å². The predicted molar refractivity (Wildman–Crippen MR) is 125 cm³/mol. The molecule has 1 amide bonds. The number of hydrogen-bond donors (Lipinski definition) is 2. The second-order valence-electron chi connectivity index (χ2n) is 7.88. The molecule has 0 radical (unpaired) electrons. The molecule has 1 atom stereocenters. The topological polar surface area (TPSA) is 78.5 Å². The molecule has 2 N–H and O–H groups in total. The molecule has 0 aromatic heterocycles. The summed E-state index contributed by atoms with van der Waals surface area (Å²) in [4.78, 5) is 14.7. The van der Waals surface area contributed by atoms with Crippen LogP contribution in [0.1, 0.15) is 42.0 Å². The van der Waals surface area contributed by atoms with Crippen LogP contribution in [-0.2, 0) is 14.8 Å². The Labute approximate surface area is 185 Å². The van der Waals surface area contributed by atoms with Crippen LogP contribution in [0.2, 0.25) is 0 Å². The second kappa shape index (κ2) is 11.2. The number of benzene rings is 2. The van der Waals surface area contributed by atoms with Gasteiger partial charge in [0.2, 0.25) is 15.9 Å². The molecule has 1 aliphatic heterocycles. The van der Waals surface area contributed by atoms with Gasteiger partial charge in [0.05, 0.1) is 6.04 Å². The summed E-state index contributed by atoms with van der Waals surface area (Å²) in [5, 5.41) is 4.11. The van der Waals surface area contributed by atoms with Gasteiger partial charge in [-0.25, -0.2) is 13.1 Å². The van der Waals surface area contributed by atoms with E-state index in [1.54, 1.807) is 0 Å². The first-order valence-corrected chi connectivity index (χ1v) is 12.3. The quantitative estimate of drug-likeness (QED) is 0.593. The SMILES string of the molecule is Cc1ccc(C(CNC(=O)CCNS(=O)(=O)/C=C/c2ccccc2)N2CCCC2)cc1. The highest BCUT2D eigenvalue weighted by atomic mass is 32.2. The third-order valence-electron chi connectivity index (χ3n) is 5.43. The summed E-state index contributed by atoms with van der Waals surface area (Å²) in [6, 6.07) is 17.8. The van der Waals surface area contributed by atoms with Gasteiger partial charge in [0.15, 0.2) is 0 Å². The number of carbonyl (C=O) groups excluding carboxylic acids is 1. The molecule has 0 aliphatic carbocycles. The lowest BCUT2D eigenvalue weighted by Gasteiger charge is -2.28. The maximum absolute atomic E-state index is 12.3. The minimum absolute atomic E-state index is 0.0617. The number of carbonyl (C=O) groups is 1. The lowest BCUT2D eigenvalue weighted by molar-refractivity contribution is -0.121. The lowest BCUT2D eigenvalue weighted by atomic mass is 10.0. The Hall–Kier alpha value is -2.48. The van der Waals surface area contributed by atoms with Gasteiger partial charge in [-0.15, -0.1) is 0 Å². The van der Waals surface area contributed by atoms with Crippen LogP contribution in [0.15, 0.2) is 60.0 Å². The highest BCUT2D eigenvalue weighted by molar-refractivity contribution is 7.92. The summed E-state index contributed by atoms with van der Waals surface area (Å²) >= 11 is 0. The third kappa shape index (κ3) is 7.61. The minimum atomic E-state index is -3.59. The van der Waals surface area contributed by atoms with Crippen molar-refractivity contribution in [1.29, 1.82) is 0 Å². The van der Waals surface area contributed by atoms with Crippen LogP contribution in [-0.4, -0.2) is 45.4 Å². The first-order valence-electron chi connectivity index (χ1n) is 10.7. The number of nitrogens with zero attached hydrogens (tertiary/aromatic N) is 1. The van der Waals surface area contributed by atoms with Gasteiger partial charge >= 0.3 is 0 Å². The average molecular weight is 442 g/mol. The molecule has 31 heavy (non-hydrogen) atoms. The Morgan fingerprint density at radius 2 is 1.74 bits per heavy atom. The van der Waals surface area contributed by atoms with Crippen molar-refractivity contribution in [3.63, 3.8) is 0 Å². The van der Waals surface area contributed by atoms with Crippen molar-refractivity contribution in [2.75, 3.05) is 26.2 Å². The fourth-order valence-corrected chi connectivity index (χ4v) is 4.50. The zero-order valence-corrected chi connectivity index (χ0v) is 18.8. The molecule has 1 fully saturated rings. The summed E-state index contributed by atoms with van der Waals surface area (Å²) in [7, 11) is -3.59. The first kappa shape index (κ1) is 23.2. The molecule has 2 aromatic carbocycles. The Bertz CT molecular complexity index is 967. The van der Waals surface area contributed by atoms with Crippen molar-refractivity contribution >= 4 is 22.0 Å². The number of hydrogen-bond acceptors (Lipinski definition) is 4. The fourth-order valence-electron chi connectivity index (χ4n) is 3.69. The van der Waals surface area contributed by atoms with Gasteiger partial charge in [0, 0.05) is 24.9 Å². The van der Waals surface area contributed by atoms with E-state index >= 15 is 0 Å². The summed E-state index contributed by atoms with van der Waals surface area (Å²) in [6.45, 7) is 4.70. The molecule has 3 rings (SSSR count). The van der Waals surface area contributed by atoms with Crippen LogP contribution in [0.5, 0.6) is 0 Å². The zero-order valence-electron chi connectivity index (χ0n) is 18.0. The maximum atomic E-state index is 12.3. The van der Waals surface area contributed by atoms with Crippen LogP contribution >= 0.6 is 0 Å². The van der Waals surface area contributed by atoms with Gasteiger partial charge in [-0.1, -0.05) is 60.2 Å². The third-order valence-corrected chi connectivity index (χ3v) is 6.53. The Balaban J connectivity index is 1.47. The largest absolute Gasteiger partial charge is 0.354 e. The van der Waals surface area contributed by atoms with Crippen LogP contribution < -0.4 is 10.0 Å². The molecular formula is C24H31N3O3S. The summed E-state index contributed by atoms with van der Waals surface area (Å²) < 4.78 is 26.7. The minimum Gasteiger partial charge on any atom is -0.354 e. The fraction of sp³-hybridized carbons (Fsp3) is 0.375. The van der Waals surface area contributed by atoms with E-state index in [0.717, 1.165) is 24.1 Å². The van der Waals surface area contributed by atoms with E-state index in [0.29, 0.717) is 6.54 Å². The van der Waals surface area contributed by atoms with Crippen LogP contribution in [0.4, 0.5) is 0 Å². The van der Waals surface area contributed by atoms with Gasteiger partial charge in [-0.05, 0) is 50.1 Å². The monoisotopic (exact) mass is 441 g/mol. The van der Waals surface area contributed by atoms with Crippen LogP contribution in [0, 0.1) is 6.92 Å². The predicted octanol–water partition coefficient (Wildman–Crippen LogP) is 3.23. The number of rotatable bonds is 10. The summed E-state index contributed by atoms with van der Waals surface area (Å²) in [5.74, 6) is -0.161. The van der Waals surface area contributed by atoms with Gasteiger partial charge < -0.3 is 5.32 Å². The molecule has 1 aliphatic rings. The molecule has 0 spiro atoms. The van der Waals surface area contributed by atoms with Gasteiger partial charge in [-0.2, -0.15) is 0 Å². The van der Waals surface area contributed by atoms with Gasteiger partial charge in [0.1, 0.15) is 0 Å². The summed E-state index contributed by atoms with van der Waals surface area (Å²) in [6.07, 6.45) is 3.98. The van der Waals surface area contributed by atoms with Crippen molar-refractivity contribution in [1.82, 2.24) is 14.9 Å². The van der Waals surface area contributed by atoms with E-state index in [1.165, 1.54) is 30.0 Å². The van der Waals surface area contributed by atoms with Gasteiger partial charge in [0.25, 0.3) is 0 Å². The molecule has 166 valence electrons. The molecule has 2 aromatic rings. The first-order chi connectivity index (χ1) is 14.9. The molecule has 1 saturated heterocycles. The van der Waals surface area contributed by atoms with Crippen LogP contribution in [0.25, 0.3) is 6.08 Å². The van der Waals surface area contributed by atoms with Crippen molar-refractivity contribution in [2.24, 2.45) is 0 Å². The average Bonchev–Trinajstić information content (AvgIpc) is 3.29. The molecule has 6 nitrogen and oxygen atoms in total. The van der Waals surface area contributed by atoms with Crippen molar-refractivity contribution in [3.05, 3.63) is 76.7 Å². The molecule has 1 unspecified atom stereocenters. The lowest BCUT2D eigenvalue weighted by Crippen LogP contribution is -2.38. The Kier molecular flexibility index (Phi) is 8.40. The van der Waals surface area contributed by atoms with E-state index in [2.05, 4.69) is 46.1 Å². The highest BCUT2D eigenvalue weighted by Crippen LogP contribution is 2.24. The Morgan fingerprint density at radius 3 is 2.42 bits per heavy atom. The van der Waals surface area contributed by atoms with Crippen molar-refractivity contribution in [3.8, 4) is 0 Å². The number of aryl methyl sites for hydroxylation is 1. The van der Waals surface area contributed by atoms with Crippen molar-refractivity contribution < 1.29 is 13.2 Å². The number of nitrogens with one attached hydrogen (secondary N) is 2. The smallest absolute Gasteiger partial charge is 0.233 e. The zero-order chi connectivity index (χ0) is 22.1. The number of amides is 1. The Morgan fingerprint density at radius 1 is 1.06 bits per heavy atom. The molecule has 7 heteroatoms. The van der Waals surface area contributed by atoms with Crippen molar-refractivity contribution in [2.45, 2.75) is 32.2 Å². The number of sulfonamides is 1. The normalized spacial score (nSPS) is 15.9. The molecule has 0 bridgehead atoms. The van der Waals surface area contributed by atoms with Gasteiger partial charge in [-0.3, -0.25) is 9.69 Å². The van der Waals surface area contributed by atoms with E-state index < -0.39 is 10.0 Å². The maximum Gasteiger partial charge on any atom is 0.233 e. The standard InChI is InChI=1S/C24H31N3O3S/c1-20-9-11-22(12-10-20)23(27-16-5-6-17-27)19-25-24(28)13-15-26-31(29,30)18-14-21-7-3-2-4-8-21/h2-4,7-12,14,18,23,26H,5-6,13,15-17,19H2,1H3,(H,25,28)/b18-14+. The van der Waals surface area contributed by atoms with E-state index in [4.69, 9.17) is 0 Å². The van der Waals surface area contributed by atoms with Crippen LogP contribution in [0.3, 0.4) is 0 Å². The number of likely N-dealkylation sites (tertiary alicyclic amines) is 1. The molecular weight excluding hydrogens is 410 g/mol. The molecule has 1 heterocycles. The molecule has 0 saturated carbocycles. The summed E-state index contributed by atoms with van der Waals surface area (Å²) in [5.41, 5.74) is 3.20.